The highest BCUT2D eigenvalue weighted by molar-refractivity contribution is 5.89. The number of rotatable bonds is 4. The number of benzene rings is 2. The van der Waals surface area contributed by atoms with Gasteiger partial charge in [-0.25, -0.2) is 18.6 Å². The van der Waals surface area contributed by atoms with Gasteiger partial charge in [0.1, 0.15) is 30.1 Å². The van der Waals surface area contributed by atoms with E-state index in [2.05, 4.69) is 4.98 Å². The van der Waals surface area contributed by atoms with Crippen LogP contribution in [0.2, 0.25) is 0 Å². The van der Waals surface area contributed by atoms with Gasteiger partial charge in [0.2, 0.25) is 0 Å². The van der Waals surface area contributed by atoms with Crippen molar-refractivity contribution >= 4 is 12.3 Å². The first-order chi connectivity index (χ1) is 15.3. The molecule has 0 unspecified atom stereocenters. The molecule has 0 aliphatic carbocycles. The summed E-state index contributed by atoms with van der Waals surface area (Å²) in [7, 11) is 0. The van der Waals surface area contributed by atoms with E-state index >= 15 is 0 Å². The van der Waals surface area contributed by atoms with Crippen molar-refractivity contribution in [3.8, 4) is 23.5 Å². The zero-order valence-electron chi connectivity index (χ0n) is 17.0. The van der Waals surface area contributed by atoms with Crippen molar-refractivity contribution in [2.75, 3.05) is 6.61 Å². The monoisotopic (exact) mass is 438 g/mol. The molecule has 0 aliphatic rings. The van der Waals surface area contributed by atoms with E-state index in [9.17, 15) is 23.6 Å². The maximum atomic E-state index is 13.3. The molecule has 1 heterocycles. The molecule has 1 N–H and O–H groups in total. The van der Waals surface area contributed by atoms with Crippen LogP contribution in [0.3, 0.4) is 0 Å². The molecule has 0 saturated heterocycles. The second-order valence-electron chi connectivity index (χ2n) is 6.18. The van der Waals surface area contributed by atoms with Crippen LogP contribution in [0, 0.1) is 41.2 Å². The third-order valence-electron chi connectivity index (χ3n) is 4.09. The van der Waals surface area contributed by atoms with Crippen LogP contribution in [0.15, 0.2) is 36.4 Å². The molecule has 0 aliphatic heterocycles. The minimum Gasteiger partial charge on any atom is -0.461 e. The highest BCUT2D eigenvalue weighted by Gasteiger charge is 2.23. The second-order valence-corrected chi connectivity index (χ2v) is 6.18. The number of aryl methyl sites for hydroxylation is 1. The summed E-state index contributed by atoms with van der Waals surface area (Å²) >= 11 is 0. The first-order valence-electron chi connectivity index (χ1n) is 9.07. The summed E-state index contributed by atoms with van der Waals surface area (Å²) < 4.78 is 31.3. The molecule has 8 nitrogen and oxygen atoms in total. The number of nitriles is 2. The fourth-order valence-corrected chi connectivity index (χ4v) is 2.59. The number of hydrogen-bond acceptors (Lipinski definition) is 7. The van der Waals surface area contributed by atoms with Crippen LogP contribution in [-0.4, -0.2) is 33.8 Å². The SMILES string of the molecule is CCOC(=O)c1c(C)nc(-c2ccc(F)c(C#N)c2)n1O.N#Cc1cc(C=O)ccc1F. The molecule has 1 aromatic heterocycles. The number of imidazole rings is 1. The molecule has 10 heteroatoms. The van der Waals surface area contributed by atoms with Gasteiger partial charge in [-0.05, 0) is 50.2 Å². The lowest BCUT2D eigenvalue weighted by Crippen LogP contribution is -2.12. The van der Waals surface area contributed by atoms with Crippen LogP contribution in [-0.2, 0) is 4.74 Å². The van der Waals surface area contributed by atoms with Crippen molar-refractivity contribution in [2.24, 2.45) is 0 Å². The Labute approximate surface area is 181 Å². The molecule has 162 valence electrons. The van der Waals surface area contributed by atoms with Crippen LogP contribution in [0.25, 0.3) is 11.4 Å². The first-order valence-corrected chi connectivity index (χ1v) is 9.07. The van der Waals surface area contributed by atoms with Crippen molar-refractivity contribution in [1.82, 2.24) is 9.71 Å². The van der Waals surface area contributed by atoms with Crippen molar-refractivity contribution < 1.29 is 28.3 Å². The Morgan fingerprint density at radius 1 is 1.16 bits per heavy atom. The fraction of sp³-hybridized carbons (Fsp3) is 0.136. The number of carbonyl (C=O) groups excluding carboxylic acids is 2. The van der Waals surface area contributed by atoms with E-state index < -0.39 is 17.6 Å². The largest absolute Gasteiger partial charge is 0.461 e. The molecule has 0 radical (unpaired) electrons. The van der Waals surface area contributed by atoms with E-state index in [-0.39, 0.29) is 34.9 Å². The van der Waals surface area contributed by atoms with Crippen LogP contribution in [0.5, 0.6) is 0 Å². The number of aldehydes is 1. The fourth-order valence-electron chi connectivity index (χ4n) is 2.59. The molecule has 0 amide bonds. The van der Waals surface area contributed by atoms with Crippen molar-refractivity contribution in [3.05, 3.63) is 76.1 Å². The molecule has 0 spiro atoms. The zero-order chi connectivity index (χ0) is 23.8. The van der Waals surface area contributed by atoms with Gasteiger partial charge >= 0.3 is 5.97 Å². The molecule has 0 saturated carbocycles. The summed E-state index contributed by atoms with van der Waals surface area (Å²) in [6.07, 6.45) is 0.570. The topological polar surface area (TPSA) is 129 Å². The van der Waals surface area contributed by atoms with Crippen molar-refractivity contribution in [3.63, 3.8) is 0 Å². The van der Waals surface area contributed by atoms with Gasteiger partial charge in [-0.15, -0.1) is 0 Å². The lowest BCUT2D eigenvalue weighted by molar-refractivity contribution is 0.0476. The maximum Gasteiger partial charge on any atom is 0.360 e. The van der Waals surface area contributed by atoms with Gasteiger partial charge in [0.25, 0.3) is 0 Å². The van der Waals surface area contributed by atoms with E-state index in [0.29, 0.717) is 22.1 Å². The minimum absolute atomic E-state index is 0.0343. The number of halogens is 2. The Bertz CT molecular complexity index is 1260. The Kier molecular flexibility index (Phi) is 7.75. The summed E-state index contributed by atoms with van der Waals surface area (Å²) in [5.41, 5.74) is 0.515. The molecule has 2 aromatic carbocycles. The van der Waals surface area contributed by atoms with Crippen LogP contribution >= 0.6 is 0 Å². The standard InChI is InChI=1S/C14H12FN3O3.C8H4FNO/c1-3-21-14(19)12-8(2)17-13(18(12)20)9-4-5-11(15)10(6-9)7-16;9-8-2-1-6(5-11)3-7(8)4-10/h4-6,20H,3H2,1-2H3;1-3,5H. The number of carbonyl (C=O) groups is 2. The van der Waals surface area contributed by atoms with E-state index in [0.717, 1.165) is 12.1 Å². The van der Waals surface area contributed by atoms with Gasteiger partial charge in [-0.2, -0.15) is 15.3 Å². The van der Waals surface area contributed by atoms with Crippen LogP contribution < -0.4 is 0 Å². The zero-order valence-corrected chi connectivity index (χ0v) is 17.0. The van der Waals surface area contributed by atoms with E-state index in [1.54, 1.807) is 19.1 Å². The molecule has 0 atom stereocenters. The van der Waals surface area contributed by atoms with Crippen molar-refractivity contribution in [1.29, 1.82) is 10.5 Å². The number of ether oxygens (including phenoxy) is 1. The Hall–Kier alpha value is -4.57. The molecule has 0 bridgehead atoms. The van der Waals surface area contributed by atoms with Gasteiger partial charge in [-0.1, -0.05) is 0 Å². The van der Waals surface area contributed by atoms with Gasteiger partial charge < -0.3 is 9.94 Å². The summed E-state index contributed by atoms with van der Waals surface area (Å²) in [6, 6.07) is 10.7. The summed E-state index contributed by atoms with van der Waals surface area (Å²) in [4.78, 5) is 26.0. The Balaban J connectivity index is 0.000000278. The number of hydrogen-bond donors (Lipinski definition) is 1. The predicted molar refractivity (Wildman–Crippen MR) is 107 cm³/mol. The summed E-state index contributed by atoms with van der Waals surface area (Å²) in [6.45, 7) is 3.34. The number of aromatic nitrogens is 2. The van der Waals surface area contributed by atoms with Crippen molar-refractivity contribution in [2.45, 2.75) is 13.8 Å². The second kappa shape index (κ2) is 10.5. The van der Waals surface area contributed by atoms with E-state index in [1.165, 1.54) is 31.2 Å². The van der Waals surface area contributed by atoms with Crippen LogP contribution in [0.4, 0.5) is 8.78 Å². The Morgan fingerprint density at radius 2 is 1.75 bits per heavy atom. The lowest BCUT2D eigenvalue weighted by atomic mass is 10.1. The summed E-state index contributed by atoms with van der Waals surface area (Å²) in [5, 5.41) is 27.2. The maximum absolute atomic E-state index is 13.3. The molecule has 32 heavy (non-hydrogen) atoms. The molecule has 3 rings (SSSR count). The highest BCUT2D eigenvalue weighted by atomic mass is 19.1. The molecule has 0 fully saturated rings. The molecular formula is C22H16F2N4O4. The highest BCUT2D eigenvalue weighted by Crippen LogP contribution is 2.23. The lowest BCUT2D eigenvalue weighted by Gasteiger charge is -2.05. The molecular weight excluding hydrogens is 422 g/mol. The normalized spacial score (nSPS) is 9.69. The number of nitrogens with zero attached hydrogens (tertiary/aromatic N) is 4. The van der Waals surface area contributed by atoms with Crippen LogP contribution in [0.1, 0.15) is 44.6 Å². The van der Waals surface area contributed by atoms with Gasteiger partial charge in [0.15, 0.2) is 11.5 Å². The third kappa shape index (κ3) is 5.12. The average Bonchev–Trinajstić information content (AvgIpc) is 3.09. The molecule has 3 aromatic rings. The third-order valence-corrected chi connectivity index (χ3v) is 4.09. The van der Waals surface area contributed by atoms with E-state index in [4.69, 9.17) is 15.3 Å². The number of esters is 1. The first kappa shape index (κ1) is 23.7. The van der Waals surface area contributed by atoms with Gasteiger partial charge in [0.05, 0.1) is 23.4 Å². The average molecular weight is 438 g/mol. The predicted octanol–water partition coefficient (Wildman–Crippen LogP) is 3.79. The Morgan fingerprint density at radius 3 is 2.31 bits per heavy atom. The summed E-state index contributed by atoms with van der Waals surface area (Å²) in [5.74, 6) is -1.94. The smallest absolute Gasteiger partial charge is 0.360 e. The van der Waals surface area contributed by atoms with E-state index in [1.807, 2.05) is 0 Å². The minimum atomic E-state index is -0.709. The quantitative estimate of drug-likeness (QED) is 0.373. The van der Waals surface area contributed by atoms with Gasteiger partial charge in [-0.3, -0.25) is 4.79 Å². The van der Waals surface area contributed by atoms with Gasteiger partial charge in [0, 0.05) is 11.1 Å².